The lowest BCUT2D eigenvalue weighted by Crippen LogP contribution is -2.14. The third-order valence-corrected chi connectivity index (χ3v) is 2.28. The van der Waals surface area contributed by atoms with Gasteiger partial charge in [0.25, 0.3) is 0 Å². The van der Waals surface area contributed by atoms with E-state index in [9.17, 15) is 8.78 Å². The zero-order valence-electron chi connectivity index (χ0n) is 7.16. The van der Waals surface area contributed by atoms with Crippen LogP contribution in [-0.2, 0) is 0 Å². The minimum atomic E-state index is -2.39. The second kappa shape index (κ2) is 6.27. The molecule has 1 aromatic rings. The number of nitrogens with two attached hydrogens (primary N) is 1. The third kappa shape index (κ3) is 3.86. The van der Waals surface area contributed by atoms with Gasteiger partial charge in [-0.2, -0.15) is 0 Å². The summed E-state index contributed by atoms with van der Waals surface area (Å²) >= 11 is 3.15. The standard InChI is InChI=1S/C8H9BrF2N2.ClH/c9-8-5(2-1-3-13-8)6(12)4-7(10)11;/h1-3,6-7H,4,12H2;1H/t6-;/m0./s1. The first-order valence-corrected chi connectivity index (χ1v) is 4.54. The fourth-order valence-electron chi connectivity index (χ4n) is 0.994. The smallest absolute Gasteiger partial charge is 0.240 e. The second-order valence-corrected chi connectivity index (χ2v) is 3.37. The number of hydrogen-bond acceptors (Lipinski definition) is 2. The highest BCUT2D eigenvalue weighted by molar-refractivity contribution is 9.10. The Balaban J connectivity index is 0.00000169. The predicted molar refractivity (Wildman–Crippen MR) is 56.7 cm³/mol. The van der Waals surface area contributed by atoms with E-state index < -0.39 is 12.5 Å². The van der Waals surface area contributed by atoms with Crippen molar-refractivity contribution in [2.75, 3.05) is 0 Å². The van der Waals surface area contributed by atoms with Crippen LogP contribution >= 0.6 is 28.3 Å². The molecule has 0 saturated heterocycles. The lowest BCUT2D eigenvalue weighted by atomic mass is 10.1. The van der Waals surface area contributed by atoms with Gasteiger partial charge in [0.15, 0.2) is 0 Å². The molecule has 1 atom stereocenters. The number of alkyl halides is 2. The Kier molecular flexibility index (Phi) is 6.15. The number of aromatic nitrogens is 1. The molecule has 1 aromatic heterocycles. The molecule has 0 aromatic carbocycles. The van der Waals surface area contributed by atoms with Gasteiger partial charge in [0.2, 0.25) is 6.43 Å². The third-order valence-electron chi connectivity index (χ3n) is 1.62. The van der Waals surface area contributed by atoms with E-state index in [1.165, 1.54) is 0 Å². The molecule has 0 aliphatic heterocycles. The van der Waals surface area contributed by atoms with Crippen molar-refractivity contribution in [3.8, 4) is 0 Å². The molecular formula is C8H10BrClF2N2. The van der Waals surface area contributed by atoms with E-state index in [1.54, 1.807) is 18.3 Å². The van der Waals surface area contributed by atoms with E-state index in [4.69, 9.17) is 5.73 Å². The molecule has 0 saturated carbocycles. The van der Waals surface area contributed by atoms with E-state index in [0.717, 1.165) is 0 Å². The quantitative estimate of drug-likeness (QED) is 0.868. The minimum absolute atomic E-state index is 0. The van der Waals surface area contributed by atoms with Crippen LogP contribution in [0.1, 0.15) is 18.0 Å². The molecule has 0 fully saturated rings. The molecule has 0 amide bonds. The Morgan fingerprint density at radius 2 is 2.14 bits per heavy atom. The summed E-state index contributed by atoms with van der Waals surface area (Å²) in [6.45, 7) is 0. The fourth-order valence-corrected chi connectivity index (χ4v) is 1.54. The Bertz CT molecular complexity index is 286. The van der Waals surface area contributed by atoms with Crippen LogP contribution in [0.25, 0.3) is 0 Å². The second-order valence-electron chi connectivity index (χ2n) is 2.62. The van der Waals surface area contributed by atoms with Crippen molar-refractivity contribution in [1.29, 1.82) is 0 Å². The lowest BCUT2D eigenvalue weighted by Gasteiger charge is -2.11. The topological polar surface area (TPSA) is 38.9 Å². The first kappa shape index (κ1) is 13.7. The van der Waals surface area contributed by atoms with Crippen LogP contribution in [0.3, 0.4) is 0 Å². The van der Waals surface area contributed by atoms with E-state index >= 15 is 0 Å². The van der Waals surface area contributed by atoms with Gasteiger partial charge in [-0.1, -0.05) is 6.07 Å². The molecule has 1 heterocycles. The molecule has 0 unspecified atom stereocenters. The summed E-state index contributed by atoms with van der Waals surface area (Å²) in [5.41, 5.74) is 6.16. The van der Waals surface area contributed by atoms with E-state index in [2.05, 4.69) is 20.9 Å². The highest BCUT2D eigenvalue weighted by atomic mass is 79.9. The van der Waals surface area contributed by atoms with Gasteiger partial charge in [-0.25, -0.2) is 13.8 Å². The first-order chi connectivity index (χ1) is 6.11. The molecular weight excluding hydrogens is 277 g/mol. The zero-order chi connectivity index (χ0) is 9.84. The normalized spacial score (nSPS) is 12.4. The van der Waals surface area contributed by atoms with Gasteiger partial charge < -0.3 is 5.73 Å². The minimum Gasteiger partial charge on any atom is -0.324 e. The first-order valence-electron chi connectivity index (χ1n) is 3.75. The van der Waals surface area contributed by atoms with E-state index in [-0.39, 0.29) is 18.8 Å². The van der Waals surface area contributed by atoms with Crippen molar-refractivity contribution in [2.45, 2.75) is 18.9 Å². The SMILES string of the molecule is Cl.N[C@@H](CC(F)F)c1cccnc1Br. The molecule has 6 heteroatoms. The van der Waals surface area contributed by atoms with Crippen LogP contribution in [0.15, 0.2) is 22.9 Å². The Labute approximate surface area is 95.4 Å². The summed E-state index contributed by atoms with van der Waals surface area (Å²) < 4.78 is 24.5. The van der Waals surface area contributed by atoms with Gasteiger partial charge in [0.05, 0.1) is 0 Å². The summed E-state index contributed by atoms with van der Waals surface area (Å²) in [5.74, 6) is 0. The zero-order valence-corrected chi connectivity index (χ0v) is 9.56. The lowest BCUT2D eigenvalue weighted by molar-refractivity contribution is 0.128. The summed E-state index contributed by atoms with van der Waals surface area (Å²) in [5, 5.41) is 0. The molecule has 1 rings (SSSR count). The molecule has 0 aliphatic carbocycles. The number of halogens is 4. The van der Waals surface area contributed by atoms with E-state index in [0.29, 0.717) is 10.2 Å². The Hall–Kier alpha value is -0.260. The van der Waals surface area contributed by atoms with Crippen molar-refractivity contribution in [3.05, 3.63) is 28.5 Å². The predicted octanol–water partition coefficient (Wildman–Crippen LogP) is 2.92. The van der Waals surface area contributed by atoms with Gasteiger partial charge in [-0.05, 0) is 22.0 Å². The molecule has 2 nitrogen and oxygen atoms in total. The van der Waals surface area contributed by atoms with Crippen LogP contribution in [0.2, 0.25) is 0 Å². The van der Waals surface area contributed by atoms with Gasteiger partial charge in [0.1, 0.15) is 4.60 Å². The summed E-state index contributed by atoms with van der Waals surface area (Å²) in [4.78, 5) is 3.90. The maximum atomic E-state index is 12.0. The molecule has 14 heavy (non-hydrogen) atoms. The van der Waals surface area contributed by atoms with E-state index in [1.807, 2.05) is 0 Å². The average Bonchev–Trinajstić information content (AvgIpc) is 2.03. The number of nitrogens with zero attached hydrogens (tertiary/aromatic N) is 1. The molecule has 0 spiro atoms. The monoisotopic (exact) mass is 286 g/mol. The van der Waals surface area contributed by atoms with Crippen LogP contribution in [0, 0.1) is 0 Å². The molecule has 2 N–H and O–H groups in total. The van der Waals surface area contributed by atoms with Crippen LogP contribution in [-0.4, -0.2) is 11.4 Å². The number of pyridine rings is 1. The van der Waals surface area contributed by atoms with Crippen LogP contribution in [0.5, 0.6) is 0 Å². The van der Waals surface area contributed by atoms with Gasteiger partial charge in [-0.3, -0.25) is 0 Å². The van der Waals surface area contributed by atoms with Crippen molar-refractivity contribution in [1.82, 2.24) is 4.98 Å². The van der Waals surface area contributed by atoms with Crippen molar-refractivity contribution >= 4 is 28.3 Å². The van der Waals surface area contributed by atoms with Gasteiger partial charge >= 0.3 is 0 Å². The largest absolute Gasteiger partial charge is 0.324 e. The Morgan fingerprint density at radius 1 is 1.50 bits per heavy atom. The number of rotatable bonds is 3. The highest BCUT2D eigenvalue weighted by Crippen LogP contribution is 2.23. The fraction of sp³-hybridized carbons (Fsp3) is 0.375. The summed E-state index contributed by atoms with van der Waals surface area (Å²) in [6.07, 6.45) is -1.16. The maximum Gasteiger partial charge on any atom is 0.240 e. The van der Waals surface area contributed by atoms with Gasteiger partial charge in [-0.15, -0.1) is 12.4 Å². The summed E-state index contributed by atoms with van der Waals surface area (Å²) in [7, 11) is 0. The maximum absolute atomic E-state index is 12.0. The molecule has 80 valence electrons. The average molecular weight is 288 g/mol. The molecule has 0 bridgehead atoms. The number of hydrogen-bond donors (Lipinski definition) is 1. The van der Waals surface area contributed by atoms with Crippen LogP contribution in [0.4, 0.5) is 8.78 Å². The van der Waals surface area contributed by atoms with Crippen molar-refractivity contribution in [3.63, 3.8) is 0 Å². The molecule has 0 aliphatic rings. The van der Waals surface area contributed by atoms with Crippen molar-refractivity contribution < 1.29 is 8.78 Å². The molecule has 0 radical (unpaired) electrons. The Morgan fingerprint density at radius 3 is 2.64 bits per heavy atom. The van der Waals surface area contributed by atoms with Crippen LogP contribution < -0.4 is 5.73 Å². The highest BCUT2D eigenvalue weighted by Gasteiger charge is 2.15. The van der Waals surface area contributed by atoms with Crippen molar-refractivity contribution in [2.24, 2.45) is 5.73 Å². The van der Waals surface area contributed by atoms with Gasteiger partial charge in [0, 0.05) is 24.2 Å². The summed E-state index contributed by atoms with van der Waals surface area (Å²) in [6, 6.07) is 2.69.